The number of aliphatic imine (C=N–C) groups is 1. The molecule has 0 spiro atoms. The molecule has 8 heteroatoms. The van der Waals surface area contributed by atoms with E-state index in [0.29, 0.717) is 11.3 Å². The van der Waals surface area contributed by atoms with E-state index in [9.17, 15) is 14.4 Å². The van der Waals surface area contributed by atoms with Crippen LogP contribution in [0.1, 0.15) is 29.7 Å². The monoisotopic (exact) mass is 673 g/mol. The Morgan fingerprint density at radius 3 is 2.17 bits per heavy atom. The molecule has 1 aliphatic rings. The van der Waals surface area contributed by atoms with Crippen molar-refractivity contribution in [2.45, 2.75) is 13.0 Å². The van der Waals surface area contributed by atoms with E-state index in [2.05, 4.69) is 39.5 Å². The first-order valence-electron chi connectivity index (χ1n) is 12.8. The van der Waals surface area contributed by atoms with Crippen LogP contribution in [-0.2, 0) is 14.4 Å². The molecular weight excluding hydrogens is 645 g/mol. The van der Waals surface area contributed by atoms with Crippen LogP contribution in [0.15, 0.2) is 132 Å². The number of carbonyl (C=O) groups excluding carboxylic acids is 3. The van der Waals surface area contributed by atoms with Gasteiger partial charge < -0.3 is 5.32 Å². The minimum absolute atomic E-state index is 0.0512. The normalized spacial score (nSPS) is 15.0. The Bertz CT molecular complexity index is 1510. The number of halogens is 1. The number of carbonyl (C=O) groups is 3. The highest BCUT2D eigenvalue weighted by molar-refractivity contribution is 14.1. The van der Waals surface area contributed by atoms with Crippen LogP contribution in [0.2, 0.25) is 0 Å². The molecule has 6 nitrogen and oxygen atoms in total. The number of hydrogen-bond acceptors (Lipinski definition) is 4. The lowest BCUT2D eigenvalue weighted by Gasteiger charge is -2.28. The lowest BCUT2D eigenvalue weighted by atomic mass is 9.99. The minimum Gasteiger partial charge on any atom is -0.344 e. The van der Waals surface area contributed by atoms with E-state index in [0.717, 1.165) is 26.5 Å². The molecule has 0 saturated carbocycles. The first-order valence-corrected chi connectivity index (χ1v) is 14.9. The van der Waals surface area contributed by atoms with Gasteiger partial charge in [-0.25, -0.2) is 0 Å². The van der Waals surface area contributed by atoms with E-state index in [1.165, 1.54) is 4.90 Å². The molecule has 41 heavy (non-hydrogen) atoms. The first kappa shape index (κ1) is 30.0. The zero-order valence-corrected chi connectivity index (χ0v) is 25.3. The number of benzene rings is 3. The summed E-state index contributed by atoms with van der Waals surface area (Å²) in [4.78, 5) is 45.6. The second kappa shape index (κ2) is 14.6. The standard InChI is InChI=1S/C33H28IN3O3S/c1-3-5-16-27(4-2)37-32(40)28(21-23-17-19-26(34)20-18-23)31(39)36-33(37)41-22-29(38)35-30(24-12-8-6-9-13-24)25-14-10-7-11-15-25/h3-21,30H,1,22H2,2H3,(H,35,38)/b16-5-,27-4+,28-21+. The molecule has 3 aromatic rings. The number of hydrogen-bond donors (Lipinski definition) is 1. The summed E-state index contributed by atoms with van der Waals surface area (Å²) in [6.07, 6.45) is 8.28. The van der Waals surface area contributed by atoms with Crippen molar-refractivity contribution in [2.24, 2.45) is 4.99 Å². The fourth-order valence-electron chi connectivity index (χ4n) is 4.12. The van der Waals surface area contributed by atoms with Crippen molar-refractivity contribution >= 4 is 63.3 Å². The number of nitrogens with one attached hydrogen (secondary N) is 1. The highest BCUT2D eigenvalue weighted by atomic mass is 127. The van der Waals surface area contributed by atoms with Crippen LogP contribution in [0, 0.1) is 3.57 Å². The maximum atomic E-state index is 13.7. The van der Waals surface area contributed by atoms with Gasteiger partial charge in [0.05, 0.1) is 11.8 Å². The molecule has 0 fully saturated rings. The smallest absolute Gasteiger partial charge is 0.285 e. The number of thioether (sulfide) groups is 1. The van der Waals surface area contributed by atoms with Crippen LogP contribution in [0.25, 0.3) is 6.08 Å². The quantitative estimate of drug-likeness (QED) is 0.119. The Balaban J connectivity index is 1.60. The molecular formula is C33H28IN3O3S. The van der Waals surface area contributed by atoms with Gasteiger partial charge in [0.2, 0.25) is 5.91 Å². The van der Waals surface area contributed by atoms with Gasteiger partial charge in [0, 0.05) is 9.27 Å². The van der Waals surface area contributed by atoms with Crippen LogP contribution in [0.3, 0.4) is 0 Å². The molecule has 0 saturated heterocycles. The van der Waals surface area contributed by atoms with Crippen LogP contribution in [0.4, 0.5) is 0 Å². The predicted molar refractivity (Wildman–Crippen MR) is 175 cm³/mol. The second-order valence-electron chi connectivity index (χ2n) is 8.87. The summed E-state index contributed by atoms with van der Waals surface area (Å²) < 4.78 is 1.04. The zero-order chi connectivity index (χ0) is 29.2. The fraction of sp³-hybridized carbons (Fsp3) is 0.0909. The van der Waals surface area contributed by atoms with Gasteiger partial charge in [-0.05, 0) is 70.5 Å². The average Bonchev–Trinajstić information content (AvgIpc) is 3.00. The van der Waals surface area contributed by atoms with Crippen molar-refractivity contribution in [1.82, 2.24) is 10.2 Å². The van der Waals surface area contributed by atoms with Gasteiger partial charge in [-0.2, -0.15) is 4.99 Å². The van der Waals surface area contributed by atoms with E-state index in [1.807, 2.05) is 84.9 Å². The van der Waals surface area contributed by atoms with E-state index >= 15 is 0 Å². The first-order chi connectivity index (χ1) is 19.9. The van der Waals surface area contributed by atoms with Gasteiger partial charge in [-0.1, -0.05) is 109 Å². The minimum atomic E-state index is -0.651. The van der Waals surface area contributed by atoms with Gasteiger partial charge in [0.1, 0.15) is 5.57 Å². The SMILES string of the molecule is C=C/C=C\C(=C/C)N1C(=O)/C(=C/c2ccc(I)cc2)C(=O)N=C1SCC(=O)NC(c1ccccc1)c1ccccc1. The molecule has 0 bridgehead atoms. The summed E-state index contributed by atoms with van der Waals surface area (Å²) in [5, 5.41) is 3.23. The Labute approximate surface area is 257 Å². The highest BCUT2D eigenvalue weighted by Crippen LogP contribution is 2.27. The Kier molecular flexibility index (Phi) is 10.6. The third-order valence-corrected chi connectivity index (χ3v) is 7.75. The maximum Gasteiger partial charge on any atom is 0.285 e. The predicted octanol–water partition coefficient (Wildman–Crippen LogP) is 6.68. The molecule has 0 aliphatic carbocycles. The summed E-state index contributed by atoms with van der Waals surface area (Å²) >= 11 is 3.23. The third kappa shape index (κ3) is 7.80. The van der Waals surface area contributed by atoms with Crippen LogP contribution in [-0.4, -0.2) is 33.5 Å². The van der Waals surface area contributed by atoms with Gasteiger partial charge >= 0.3 is 0 Å². The van der Waals surface area contributed by atoms with Gasteiger partial charge in [0.25, 0.3) is 11.8 Å². The van der Waals surface area contributed by atoms with Crippen LogP contribution in [0.5, 0.6) is 0 Å². The Hall–Kier alpha value is -4.02. The van der Waals surface area contributed by atoms with Gasteiger partial charge in [-0.15, -0.1) is 0 Å². The summed E-state index contributed by atoms with van der Waals surface area (Å²) in [6.45, 7) is 5.49. The molecule has 1 heterocycles. The highest BCUT2D eigenvalue weighted by Gasteiger charge is 2.35. The third-order valence-electron chi connectivity index (χ3n) is 6.09. The molecule has 3 amide bonds. The topological polar surface area (TPSA) is 78.8 Å². The van der Waals surface area contributed by atoms with Crippen molar-refractivity contribution in [1.29, 1.82) is 0 Å². The lowest BCUT2D eigenvalue weighted by molar-refractivity contribution is -0.126. The van der Waals surface area contributed by atoms with Crippen LogP contribution < -0.4 is 5.32 Å². The molecule has 1 N–H and O–H groups in total. The second-order valence-corrected chi connectivity index (χ2v) is 11.1. The molecule has 0 atom stereocenters. The molecule has 3 aromatic carbocycles. The van der Waals surface area contributed by atoms with Gasteiger partial charge in [0.15, 0.2) is 5.17 Å². The van der Waals surface area contributed by atoms with Crippen molar-refractivity contribution in [3.05, 3.63) is 147 Å². The maximum absolute atomic E-state index is 13.7. The summed E-state index contributed by atoms with van der Waals surface area (Å²) in [7, 11) is 0. The number of rotatable bonds is 9. The van der Waals surface area contributed by atoms with Gasteiger partial charge in [-0.3, -0.25) is 19.3 Å². The average molecular weight is 674 g/mol. The summed E-state index contributed by atoms with van der Waals surface area (Å²) in [5.41, 5.74) is 3.04. The van der Waals surface area contributed by atoms with Crippen molar-refractivity contribution < 1.29 is 14.4 Å². The zero-order valence-electron chi connectivity index (χ0n) is 22.4. The van der Waals surface area contributed by atoms with E-state index in [-0.39, 0.29) is 28.4 Å². The molecule has 206 valence electrons. The van der Waals surface area contributed by atoms with E-state index in [4.69, 9.17) is 0 Å². The summed E-state index contributed by atoms with van der Waals surface area (Å²) in [6, 6.07) is 26.5. The molecule has 0 radical (unpaired) electrons. The van der Waals surface area contributed by atoms with Crippen molar-refractivity contribution in [3.63, 3.8) is 0 Å². The fourth-order valence-corrected chi connectivity index (χ4v) is 5.29. The van der Waals surface area contributed by atoms with Crippen LogP contribution >= 0.6 is 34.4 Å². The molecule has 0 unspecified atom stereocenters. The molecule has 1 aliphatic heterocycles. The number of amidine groups is 1. The number of nitrogens with zero attached hydrogens (tertiary/aromatic N) is 2. The Morgan fingerprint density at radius 2 is 1.61 bits per heavy atom. The number of amides is 3. The van der Waals surface area contributed by atoms with Crippen molar-refractivity contribution in [3.8, 4) is 0 Å². The van der Waals surface area contributed by atoms with E-state index < -0.39 is 11.8 Å². The molecule has 4 rings (SSSR count). The lowest BCUT2D eigenvalue weighted by Crippen LogP contribution is -2.42. The molecule has 0 aromatic heterocycles. The van der Waals surface area contributed by atoms with Crippen molar-refractivity contribution in [2.75, 3.05) is 5.75 Å². The Morgan fingerprint density at radius 1 is 1.00 bits per heavy atom. The number of allylic oxidation sites excluding steroid dienone is 4. The van der Waals surface area contributed by atoms with E-state index in [1.54, 1.807) is 37.3 Å². The summed E-state index contributed by atoms with van der Waals surface area (Å²) in [5.74, 6) is -1.48. The largest absolute Gasteiger partial charge is 0.344 e.